The van der Waals surface area contributed by atoms with Crippen LogP contribution in [-0.4, -0.2) is 25.1 Å². The second-order valence-electron chi connectivity index (χ2n) is 9.47. The van der Waals surface area contributed by atoms with Crippen LogP contribution in [0, 0.1) is 11.3 Å². The zero-order valence-electron chi connectivity index (χ0n) is 20.3. The van der Waals surface area contributed by atoms with E-state index in [4.69, 9.17) is 9.47 Å². The molecule has 1 heterocycles. The van der Waals surface area contributed by atoms with Crippen molar-refractivity contribution in [1.29, 1.82) is 0 Å². The van der Waals surface area contributed by atoms with Crippen molar-refractivity contribution in [2.45, 2.75) is 60.3 Å². The number of anilines is 1. The van der Waals surface area contributed by atoms with E-state index < -0.39 is 0 Å². The van der Waals surface area contributed by atoms with Gasteiger partial charge in [0.05, 0.1) is 18.8 Å². The van der Waals surface area contributed by atoms with Crippen molar-refractivity contribution >= 4 is 34.3 Å². The first-order valence-corrected chi connectivity index (χ1v) is 12.6. The highest BCUT2D eigenvalue weighted by Crippen LogP contribution is 2.44. The van der Waals surface area contributed by atoms with Gasteiger partial charge in [0.1, 0.15) is 10.8 Å². The van der Waals surface area contributed by atoms with Gasteiger partial charge in [-0.25, -0.2) is 4.79 Å². The number of amides is 1. The highest BCUT2D eigenvalue weighted by atomic mass is 32.1. The molecule has 3 rings (SSSR count). The lowest BCUT2D eigenvalue weighted by Crippen LogP contribution is -2.26. The molecule has 1 aromatic heterocycles. The fourth-order valence-electron chi connectivity index (χ4n) is 4.05. The Morgan fingerprint density at radius 1 is 1.18 bits per heavy atom. The number of fused-ring (bicyclic) bond motifs is 1. The number of carbonyl (C=O) groups excluding carboxylic acids is 2. The second kappa shape index (κ2) is 11.0. The molecule has 5 nitrogen and oxygen atoms in total. The SMILES string of the molecule is CCCOc1ccc(/C=C/C(=O)Nc2sc3c(c2C(=O)OCC)CCC(C(C)(C)C)C3)cc1. The summed E-state index contributed by atoms with van der Waals surface area (Å²) in [5.41, 5.74) is 2.68. The number of hydrogen-bond acceptors (Lipinski definition) is 5. The van der Waals surface area contributed by atoms with Crippen LogP contribution in [0.4, 0.5) is 5.00 Å². The van der Waals surface area contributed by atoms with E-state index in [-0.39, 0.29) is 17.3 Å². The van der Waals surface area contributed by atoms with Gasteiger partial charge in [-0.15, -0.1) is 11.3 Å². The summed E-state index contributed by atoms with van der Waals surface area (Å²) >= 11 is 1.51. The van der Waals surface area contributed by atoms with Gasteiger partial charge >= 0.3 is 5.97 Å². The molecule has 178 valence electrons. The molecule has 33 heavy (non-hydrogen) atoms. The fraction of sp³-hybridized carbons (Fsp3) is 0.481. The van der Waals surface area contributed by atoms with Crippen molar-refractivity contribution in [2.24, 2.45) is 11.3 Å². The number of benzene rings is 1. The maximum Gasteiger partial charge on any atom is 0.341 e. The molecule has 0 saturated heterocycles. The summed E-state index contributed by atoms with van der Waals surface area (Å²) in [5, 5.41) is 3.53. The molecule has 1 N–H and O–H groups in total. The van der Waals surface area contributed by atoms with E-state index in [0.717, 1.165) is 42.6 Å². The average molecular weight is 470 g/mol. The van der Waals surface area contributed by atoms with Gasteiger partial charge in [-0.1, -0.05) is 39.8 Å². The standard InChI is InChI=1S/C27H35NO4S/c1-6-16-32-20-12-8-18(9-13-20)10-15-23(29)28-25-24(26(30)31-7-2)21-14-11-19(27(3,4)5)17-22(21)33-25/h8-10,12-13,15,19H,6-7,11,14,16-17H2,1-5H3,(H,28,29)/b15-10+. The minimum absolute atomic E-state index is 0.203. The molecule has 1 unspecified atom stereocenters. The van der Waals surface area contributed by atoms with E-state index in [1.165, 1.54) is 22.3 Å². The normalized spacial score (nSPS) is 15.8. The molecule has 0 bridgehead atoms. The Bertz CT molecular complexity index is 998. The van der Waals surface area contributed by atoms with Crippen LogP contribution >= 0.6 is 11.3 Å². The molecule has 2 aromatic rings. The number of hydrogen-bond donors (Lipinski definition) is 1. The van der Waals surface area contributed by atoms with Crippen LogP contribution in [0.1, 0.15) is 73.8 Å². The summed E-state index contributed by atoms with van der Waals surface area (Å²) in [5.74, 6) is 0.741. The molecule has 0 aliphatic heterocycles. The Morgan fingerprint density at radius 3 is 2.55 bits per heavy atom. The van der Waals surface area contributed by atoms with Gasteiger partial charge in [0.25, 0.3) is 0 Å². The topological polar surface area (TPSA) is 64.6 Å². The maximum absolute atomic E-state index is 12.7. The van der Waals surface area contributed by atoms with Gasteiger partial charge in [-0.2, -0.15) is 0 Å². The first-order valence-electron chi connectivity index (χ1n) is 11.8. The minimum atomic E-state index is -0.355. The number of rotatable bonds is 8. The smallest absolute Gasteiger partial charge is 0.341 e. The first-order chi connectivity index (χ1) is 15.7. The molecular weight excluding hydrogens is 434 g/mol. The van der Waals surface area contributed by atoms with Crippen LogP contribution < -0.4 is 10.1 Å². The van der Waals surface area contributed by atoms with E-state index in [1.54, 1.807) is 13.0 Å². The summed E-state index contributed by atoms with van der Waals surface area (Å²) in [7, 11) is 0. The predicted molar refractivity (Wildman–Crippen MR) is 135 cm³/mol. The number of carbonyl (C=O) groups is 2. The minimum Gasteiger partial charge on any atom is -0.494 e. The summed E-state index contributed by atoms with van der Waals surface area (Å²) < 4.78 is 10.9. The van der Waals surface area contributed by atoms with E-state index in [0.29, 0.717) is 29.7 Å². The number of esters is 1. The summed E-state index contributed by atoms with van der Waals surface area (Å²) in [4.78, 5) is 26.6. The Hall–Kier alpha value is -2.60. The molecule has 0 fully saturated rings. The molecule has 0 saturated carbocycles. The summed E-state index contributed by atoms with van der Waals surface area (Å²) in [6, 6.07) is 7.61. The molecule has 1 aromatic carbocycles. The summed E-state index contributed by atoms with van der Waals surface area (Å²) in [6.07, 6.45) is 7.00. The van der Waals surface area contributed by atoms with Gasteiger partial charge in [-0.3, -0.25) is 4.79 Å². The molecule has 0 radical (unpaired) electrons. The van der Waals surface area contributed by atoms with Crippen molar-refractivity contribution in [2.75, 3.05) is 18.5 Å². The largest absolute Gasteiger partial charge is 0.494 e. The third-order valence-electron chi connectivity index (χ3n) is 5.99. The van der Waals surface area contributed by atoms with Crippen LogP contribution in [0.5, 0.6) is 5.75 Å². The van der Waals surface area contributed by atoms with Crippen LogP contribution in [0.2, 0.25) is 0 Å². The van der Waals surface area contributed by atoms with Gasteiger partial charge < -0.3 is 14.8 Å². The zero-order valence-corrected chi connectivity index (χ0v) is 21.1. The Labute approximate surface area is 201 Å². The second-order valence-corrected chi connectivity index (χ2v) is 10.6. The first kappa shape index (κ1) is 25.0. The van der Waals surface area contributed by atoms with Gasteiger partial charge in [0, 0.05) is 11.0 Å². The summed E-state index contributed by atoms with van der Waals surface area (Å²) in [6.45, 7) is 11.6. The number of nitrogens with one attached hydrogen (secondary N) is 1. The van der Waals surface area contributed by atoms with Crippen LogP contribution in [0.15, 0.2) is 30.3 Å². The van der Waals surface area contributed by atoms with Crippen molar-refractivity contribution in [3.63, 3.8) is 0 Å². The van der Waals surface area contributed by atoms with E-state index in [2.05, 4.69) is 33.0 Å². The molecule has 1 amide bonds. The van der Waals surface area contributed by atoms with Gasteiger partial charge in [-0.05, 0) is 73.3 Å². The zero-order chi connectivity index (χ0) is 24.0. The molecular formula is C27H35NO4S. The van der Waals surface area contributed by atoms with E-state index in [9.17, 15) is 9.59 Å². The molecule has 1 aliphatic rings. The van der Waals surface area contributed by atoms with E-state index >= 15 is 0 Å². The van der Waals surface area contributed by atoms with Crippen molar-refractivity contribution in [1.82, 2.24) is 0 Å². The molecule has 1 aliphatic carbocycles. The number of thiophene rings is 1. The lowest BCUT2D eigenvalue weighted by Gasteiger charge is -2.33. The van der Waals surface area contributed by atoms with Gasteiger partial charge in [0.15, 0.2) is 0 Å². The fourth-order valence-corrected chi connectivity index (χ4v) is 5.37. The molecule has 1 atom stereocenters. The molecule has 6 heteroatoms. The molecule has 0 spiro atoms. The Morgan fingerprint density at radius 2 is 1.91 bits per heavy atom. The average Bonchev–Trinajstić information content (AvgIpc) is 3.13. The maximum atomic E-state index is 12.7. The van der Waals surface area contributed by atoms with Crippen molar-refractivity contribution < 1.29 is 19.1 Å². The van der Waals surface area contributed by atoms with Crippen LogP contribution in [-0.2, 0) is 22.4 Å². The quantitative estimate of drug-likeness (QED) is 0.353. The highest BCUT2D eigenvalue weighted by molar-refractivity contribution is 7.17. The van der Waals surface area contributed by atoms with Crippen molar-refractivity contribution in [3.8, 4) is 5.75 Å². The lowest BCUT2D eigenvalue weighted by molar-refractivity contribution is -0.111. The monoisotopic (exact) mass is 469 g/mol. The third kappa shape index (κ3) is 6.47. The number of ether oxygens (including phenoxy) is 2. The van der Waals surface area contributed by atoms with E-state index in [1.807, 2.05) is 24.3 Å². The predicted octanol–water partition coefficient (Wildman–Crippen LogP) is 6.52. The Kier molecular flexibility index (Phi) is 8.35. The van der Waals surface area contributed by atoms with Gasteiger partial charge in [0.2, 0.25) is 5.91 Å². The highest BCUT2D eigenvalue weighted by Gasteiger charge is 2.34. The Balaban J connectivity index is 1.76. The lowest BCUT2D eigenvalue weighted by atomic mass is 9.72. The van der Waals surface area contributed by atoms with Crippen LogP contribution in [0.25, 0.3) is 6.08 Å². The van der Waals surface area contributed by atoms with Crippen LogP contribution in [0.3, 0.4) is 0 Å². The van der Waals surface area contributed by atoms with Crippen molar-refractivity contribution in [3.05, 3.63) is 51.9 Å². The third-order valence-corrected chi connectivity index (χ3v) is 7.16.